The number of benzene rings is 1. The first-order valence-corrected chi connectivity index (χ1v) is 4.30. The number of nitrogens with zero attached hydrogens (tertiary/aromatic N) is 1. The molecule has 0 spiro atoms. The second-order valence-corrected chi connectivity index (χ2v) is 3.21. The average molecular weight is 190 g/mol. The van der Waals surface area contributed by atoms with Gasteiger partial charge in [0, 0.05) is 6.92 Å². The monoisotopic (exact) mass is 190 g/mol. The van der Waals surface area contributed by atoms with Crippen molar-refractivity contribution >= 4 is 22.7 Å². The van der Waals surface area contributed by atoms with E-state index in [1.165, 1.54) is 6.92 Å². The van der Waals surface area contributed by atoms with Gasteiger partial charge in [0.1, 0.15) is 0 Å². The molecule has 1 heterocycles. The van der Waals surface area contributed by atoms with Gasteiger partial charge in [-0.2, -0.15) is 0 Å². The zero-order valence-electron chi connectivity index (χ0n) is 8.00. The van der Waals surface area contributed by atoms with Gasteiger partial charge >= 0.3 is 0 Å². The van der Waals surface area contributed by atoms with Crippen LogP contribution in [0.5, 0.6) is 0 Å². The summed E-state index contributed by atoms with van der Waals surface area (Å²) < 4.78 is 5.04. The summed E-state index contributed by atoms with van der Waals surface area (Å²) in [4.78, 5) is 10.8. The summed E-state index contributed by atoms with van der Waals surface area (Å²) in [6.45, 7) is 3.42. The molecule has 72 valence electrons. The number of nitrogens with one attached hydrogen (secondary N) is 1. The minimum Gasteiger partial charge on any atom is -0.354 e. The Morgan fingerprint density at radius 1 is 1.50 bits per heavy atom. The van der Waals surface area contributed by atoms with Crippen molar-refractivity contribution in [1.29, 1.82) is 0 Å². The first-order valence-electron chi connectivity index (χ1n) is 4.30. The average Bonchev–Trinajstić information content (AvgIpc) is 2.47. The minimum atomic E-state index is -0.151. The number of carbonyl (C=O) groups excluding carboxylic acids is 1. The van der Waals surface area contributed by atoms with Crippen LogP contribution in [0.25, 0.3) is 11.0 Å². The smallest absolute Gasteiger partial charge is 0.222 e. The van der Waals surface area contributed by atoms with E-state index < -0.39 is 0 Å². The number of aryl methyl sites for hydroxylation is 1. The van der Waals surface area contributed by atoms with Crippen LogP contribution in [0.15, 0.2) is 22.7 Å². The number of rotatable bonds is 1. The largest absolute Gasteiger partial charge is 0.354 e. The second kappa shape index (κ2) is 3.14. The van der Waals surface area contributed by atoms with Crippen molar-refractivity contribution in [3.8, 4) is 0 Å². The number of hydrogen-bond acceptors (Lipinski definition) is 3. The highest BCUT2D eigenvalue weighted by atomic mass is 16.5. The van der Waals surface area contributed by atoms with Crippen molar-refractivity contribution in [2.24, 2.45) is 0 Å². The Morgan fingerprint density at radius 2 is 2.29 bits per heavy atom. The fourth-order valence-electron chi connectivity index (χ4n) is 1.31. The Bertz CT molecular complexity index is 488. The first kappa shape index (κ1) is 8.74. The molecule has 0 aliphatic rings. The number of aromatic nitrogens is 1. The van der Waals surface area contributed by atoms with E-state index >= 15 is 0 Å². The normalized spacial score (nSPS) is 10.4. The zero-order chi connectivity index (χ0) is 10.1. The van der Waals surface area contributed by atoms with Crippen LogP contribution in [-0.2, 0) is 4.79 Å². The number of anilines is 1. The van der Waals surface area contributed by atoms with Gasteiger partial charge in [-0.25, -0.2) is 0 Å². The quantitative estimate of drug-likeness (QED) is 0.749. The lowest BCUT2D eigenvalue weighted by Gasteiger charge is -1.95. The maximum absolute atomic E-state index is 10.8. The summed E-state index contributed by atoms with van der Waals surface area (Å²) in [6.07, 6.45) is 0. The van der Waals surface area contributed by atoms with E-state index in [1.807, 2.05) is 25.1 Å². The van der Waals surface area contributed by atoms with Gasteiger partial charge in [0.15, 0.2) is 11.4 Å². The van der Waals surface area contributed by atoms with E-state index in [2.05, 4.69) is 10.5 Å². The molecule has 0 aliphatic carbocycles. The lowest BCUT2D eigenvalue weighted by atomic mass is 10.2. The predicted octanol–water partition coefficient (Wildman–Crippen LogP) is 2.09. The summed E-state index contributed by atoms with van der Waals surface area (Å²) >= 11 is 0. The van der Waals surface area contributed by atoms with E-state index in [9.17, 15) is 4.79 Å². The van der Waals surface area contributed by atoms with Gasteiger partial charge < -0.3 is 9.84 Å². The van der Waals surface area contributed by atoms with Crippen molar-refractivity contribution in [3.05, 3.63) is 23.8 Å². The first-order chi connectivity index (χ1) is 6.66. The summed E-state index contributed by atoms with van der Waals surface area (Å²) in [5, 5.41) is 7.21. The second-order valence-electron chi connectivity index (χ2n) is 3.21. The third-order valence-corrected chi connectivity index (χ3v) is 1.92. The molecule has 1 amide bonds. The number of hydrogen-bond donors (Lipinski definition) is 1. The van der Waals surface area contributed by atoms with Gasteiger partial charge in [-0.1, -0.05) is 16.8 Å². The Hall–Kier alpha value is -1.84. The van der Waals surface area contributed by atoms with E-state index in [1.54, 1.807) is 0 Å². The van der Waals surface area contributed by atoms with E-state index in [-0.39, 0.29) is 5.91 Å². The van der Waals surface area contributed by atoms with Crippen molar-refractivity contribution in [3.63, 3.8) is 0 Å². The third kappa shape index (κ3) is 1.46. The molecular formula is C10H10N2O2. The van der Waals surface area contributed by atoms with Gasteiger partial charge in [-0.15, -0.1) is 0 Å². The van der Waals surface area contributed by atoms with E-state index in [0.29, 0.717) is 11.4 Å². The number of fused-ring (bicyclic) bond motifs is 1. The lowest BCUT2D eigenvalue weighted by molar-refractivity contribution is -0.114. The molecule has 1 aromatic heterocycles. The predicted molar refractivity (Wildman–Crippen MR) is 53.0 cm³/mol. The molecule has 0 saturated carbocycles. The summed E-state index contributed by atoms with van der Waals surface area (Å²) in [7, 11) is 0. The maximum Gasteiger partial charge on any atom is 0.222 e. The summed E-state index contributed by atoms with van der Waals surface area (Å²) in [5.74, 6) is 0.331. The standard InChI is InChI=1S/C10H10N2O2/c1-6-3-4-9-8(5-6)10(12-14-9)11-7(2)13/h3-5H,1-2H3,(H,11,12,13). The maximum atomic E-state index is 10.8. The highest BCUT2D eigenvalue weighted by Crippen LogP contribution is 2.23. The van der Waals surface area contributed by atoms with Gasteiger partial charge in [0.05, 0.1) is 5.39 Å². The fraction of sp³-hybridized carbons (Fsp3) is 0.200. The zero-order valence-corrected chi connectivity index (χ0v) is 8.00. The molecule has 4 nitrogen and oxygen atoms in total. The van der Waals surface area contributed by atoms with Crippen molar-refractivity contribution in [2.75, 3.05) is 5.32 Å². The van der Waals surface area contributed by atoms with Crippen LogP contribution in [0.2, 0.25) is 0 Å². The molecule has 1 N–H and O–H groups in total. The summed E-state index contributed by atoms with van der Waals surface area (Å²) in [6, 6.07) is 5.70. The molecular weight excluding hydrogens is 180 g/mol. The minimum absolute atomic E-state index is 0.151. The SMILES string of the molecule is CC(=O)Nc1noc2ccc(C)cc12. The molecule has 0 aliphatic heterocycles. The molecule has 0 saturated heterocycles. The summed E-state index contributed by atoms with van der Waals surface area (Å²) in [5.41, 5.74) is 1.78. The lowest BCUT2D eigenvalue weighted by Crippen LogP contribution is -2.05. The van der Waals surface area contributed by atoms with Crippen LogP contribution in [0, 0.1) is 6.92 Å². The Kier molecular flexibility index (Phi) is 1.96. The van der Waals surface area contributed by atoms with E-state index in [0.717, 1.165) is 10.9 Å². The van der Waals surface area contributed by atoms with Crippen LogP contribution < -0.4 is 5.32 Å². The van der Waals surface area contributed by atoms with Crippen LogP contribution in [0.4, 0.5) is 5.82 Å². The fourth-order valence-corrected chi connectivity index (χ4v) is 1.31. The third-order valence-electron chi connectivity index (χ3n) is 1.92. The van der Waals surface area contributed by atoms with Crippen molar-refractivity contribution < 1.29 is 9.32 Å². The molecule has 0 bridgehead atoms. The topological polar surface area (TPSA) is 55.1 Å². The van der Waals surface area contributed by atoms with Gasteiger partial charge in [-0.3, -0.25) is 4.79 Å². The van der Waals surface area contributed by atoms with Crippen LogP contribution in [0.1, 0.15) is 12.5 Å². The Labute approximate surface area is 80.9 Å². The van der Waals surface area contributed by atoms with Crippen LogP contribution >= 0.6 is 0 Å². The molecule has 14 heavy (non-hydrogen) atoms. The molecule has 2 rings (SSSR count). The molecule has 0 radical (unpaired) electrons. The number of amides is 1. The van der Waals surface area contributed by atoms with E-state index in [4.69, 9.17) is 4.52 Å². The highest BCUT2D eigenvalue weighted by Gasteiger charge is 2.08. The molecule has 0 atom stereocenters. The van der Waals surface area contributed by atoms with Crippen molar-refractivity contribution in [1.82, 2.24) is 5.16 Å². The molecule has 0 fully saturated rings. The Balaban J connectivity index is 2.55. The van der Waals surface area contributed by atoms with Crippen molar-refractivity contribution in [2.45, 2.75) is 13.8 Å². The molecule has 2 aromatic rings. The Morgan fingerprint density at radius 3 is 3.00 bits per heavy atom. The molecule has 4 heteroatoms. The van der Waals surface area contributed by atoms with Crippen LogP contribution in [-0.4, -0.2) is 11.1 Å². The van der Waals surface area contributed by atoms with Crippen LogP contribution in [0.3, 0.4) is 0 Å². The molecule has 1 aromatic carbocycles. The molecule has 0 unspecified atom stereocenters. The number of carbonyl (C=O) groups is 1. The highest BCUT2D eigenvalue weighted by molar-refractivity contribution is 5.97. The van der Waals surface area contributed by atoms with Gasteiger partial charge in [0.25, 0.3) is 0 Å². The van der Waals surface area contributed by atoms with Gasteiger partial charge in [0.2, 0.25) is 5.91 Å². The van der Waals surface area contributed by atoms with Gasteiger partial charge in [-0.05, 0) is 19.1 Å².